The van der Waals surface area contributed by atoms with Crippen LogP contribution in [0.2, 0.25) is 0 Å². The first kappa shape index (κ1) is 19.8. The summed E-state index contributed by atoms with van der Waals surface area (Å²) in [7, 11) is 0. The second-order valence-electron chi connectivity index (χ2n) is 7.55. The number of ether oxygens (including phenoxy) is 2. The Labute approximate surface area is 161 Å². The maximum absolute atomic E-state index is 12.5. The largest absolute Gasteiger partial charge is 0.376 e. The van der Waals surface area contributed by atoms with E-state index in [4.69, 9.17) is 9.47 Å². The molecule has 2 saturated heterocycles. The number of rotatable bonds is 6. The van der Waals surface area contributed by atoms with Gasteiger partial charge in [0.15, 0.2) is 0 Å². The number of hydrogen-bond donors (Lipinski definition) is 0. The summed E-state index contributed by atoms with van der Waals surface area (Å²) < 4.78 is 11.1. The molecule has 2 aliphatic heterocycles. The molecule has 2 fully saturated rings. The zero-order valence-corrected chi connectivity index (χ0v) is 16.4. The summed E-state index contributed by atoms with van der Waals surface area (Å²) in [6.45, 7) is 7.24. The average molecular weight is 374 g/mol. The molecule has 0 radical (unpaired) electrons. The van der Waals surface area contributed by atoms with Gasteiger partial charge in [0.05, 0.1) is 19.3 Å². The van der Waals surface area contributed by atoms with Crippen LogP contribution in [-0.2, 0) is 25.6 Å². The highest BCUT2D eigenvalue weighted by Crippen LogP contribution is 2.15. The van der Waals surface area contributed by atoms with E-state index in [-0.39, 0.29) is 31.1 Å². The van der Waals surface area contributed by atoms with Gasteiger partial charge in [-0.25, -0.2) is 0 Å². The van der Waals surface area contributed by atoms with E-state index in [2.05, 4.69) is 32.0 Å². The van der Waals surface area contributed by atoms with E-state index >= 15 is 0 Å². The van der Waals surface area contributed by atoms with Gasteiger partial charge in [-0.15, -0.1) is 0 Å². The molecule has 27 heavy (non-hydrogen) atoms. The van der Waals surface area contributed by atoms with Crippen molar-refractivity contribution in [2.75, 3.05) is 39.5 Å². The third kappa shape index (κ3) is 5.53. The van der Waals surface area contributed by atoms with Gasteiger partial charge in [-0.3, -0.25) is 9.59 Å². The van der Waals surface area contributed by atoms with Crippen LogP contribution >= 0.6 is 0 Å². The summed E-state index contributed by atoms with van der Waals surface area (Å²) in [6, 6.07) is 6.28. The molecule has 0 aliphatic carbocycles. The molecule has 6 nitrogen and oxygen atoms in total. The van der Waals surface area contributed by atoms with Crippen LogP contribution in [0, 0.1) is 13.8 Å². The van der Waals surface area contributed by atoms with E-state index < -0.39 is 0 Å². The number of nitrogens with zero attached hydrogens (tertiary/aromatic N) is 2. The summed E-state index contributed by atoms with van der Waals surface area (Å²) >= 11 is 0. The third-order valence-corrected chi connectivity index (χ3v) is 5.42. The SMILES string of the molecule is Cc1ccc(CN2CCN(C(=O)COCC3CCCCO3)CC2=O)cc1C. The molecule has 1 aromatic carbocycles. The molecule has 2 heterocycles. The minimum absolute atomic E-state index is 0.0107. The normalized spacial score (nSPS) is 20.8. The molecular weight excluding hydrogens is 344 g/mol. The topological polar surface area (TPSA) is 59.1 Å². The van der Waals surface area contributed by atoms with E-state index in [9.17, 15) is 9.59 Å². The fourth-order valence-electron chi connectivity index (χ4n) is 3.52. The van der Waals surface area contributed by atoms with Crippen molar-refractivity contribution in [2.24, 2.45) is 0 Å². The number of amides is 2. The molecule has 148 valence electrons. The fourth-order valence-corrected chi connectivity index (χ4v) is 3.52. The van der Waals surface area contributed by atoms with Gasteiger partial charge in [0.1, 0.15) is 6.61 Å². The number of benzene rings is 1. The Hall–Kier alpha value is -1.92. The summed E-state index contributed by atoms with van der Waals surface area (Å²) in [5, 5.41) is 0. The van der Waals surface area contributed by atoms with Crippen molar-refractivity contribution in [1.29, 1.82) is 0 Å². The molecule has 0 spiro atoms. The van der Waals surface area contributed by atoms with E-state index in [1.54, 1.807) is 4.90 Å². The van der Waals surface area contributed by atoms with Crippen molar-refractivity contribution in [3.05, 3.63) is 34.9 Å². The van der Waals surface area contributed by atoms with Crippen molar-refractivity contribution in [3.8, 4) is 0 Å². The predicted molar refractivity (Wildman–Crippen MR) is 102 cm³/mol. The molecule has 0 N–H and O–H groups in total. The molecule has 6 heteroatoms. The molecule has 3 rings (SSSR count). The molecule has 0 aromatic heterocycles. The highest BCUT2D eigenvalue weighted by atomic mass is 16.5. The van der Waals surface area contributed by atoms with Crippen LogP contribution in [0.3, 0.4) is 0 Å². The fraction of sp³-hybridized carbons (Fsp3) is 0.619. The predicted octanol–water partition coefficient (Wildman–Crippen LogP) is 2.06. The Kier molecular flexibility index (Phi) is 6.85. The van der Waals surface area contributed by atoms with Crippen molar-refractivity contribution in [3.63, 3.8) is 0 Å². The van der Waals surface area contributed by atoms with Gasteiger partial charge >= 0.3 is 0 Å². The molecule has 2 amide bonds. The Morgan fingerprint density at radius 1 is 1.22 bits per heavy atom. The maximum Gasteiger partial charge on any atom is 0.249 e. The van der Waals surface area contributed by atoms with Gasteiger partial charge in [-0.2, -0.15) is 0 Å². The Balaban J connectivity index is 1.42. The maximum atomic E-state index is 12.5. The van der Waals surface area contributed by atoms with Gasteiger partial charge in [-0.05, 0) is 49.8 Å². The summed E-state index contributed by atoms with van der Waals surface area (Å²) in [5.41, 5.74) is 3.61. The number of carbonyl (C=O) groups is 2. The lowest BCUT2D eigenvalue weighted by Gasteiger charge is -2.34. The Morgan fingerprint density at radius 3 is 2.78 bits per heavy atom. The van der Waals surface area contributed by atoms with E-state index in [1.165, 1.54) is 11.1 Å². The van der Waals surface area contributed by atoms with Crippen LogP contribution in [-0.4, -0.2) is 67.2 Å². The first-order valence-electron chi connectivity index (χ1n) is 9.84. The van der Waals surface area contributed by atoms with Crippen LogP contribution in [0.5, 0.6) is 0 Å². The molecule has 2 aliphatic rings. The number of aryl methyl sites for hydroxylation is 2. The highest BCUT2D eigenvalue weighted by molar-refractivity contribution is 5.86. The summed E-state index contributed by atoms with van der Waals surface area (Å²) in [5.74, 6) is -0.131. The molecule has 1 aromatic rings. The summed E-state index contributed by atoms with van der Waals surface area (Å²) in [6.07, 6.45) is 3.34. The van der Waals surface area contributed by atoms with Gasteiger partial charge in [0.2, 0.25) is 11.8 Å². The van der Waals surface area contributed by atoms with Crippen LogP contribution in [0.1, 0.15) is 36.0 Å². The third-order valence-electron chi connectivity index (χ3n) is 5.42. The first-order valence-corrected chi connectivity index (χ1v) is 9.84. The average Bonchev–Trinajstić information content (AvgIpc) is 2.67. The lowest BCUT2D eigenvalue weighted by atomic mass is 10.1. The minimum Gasteiger partial charge on any atom is -0.376 e. The van der Waals surface area contributed by atoms with E-state index in [0.29, 0.717) is 26.2 Å². The smallest absolute Gasteiger partial charge is 0.249 e. The molecule has 1 atom stereocenters. The van der Waals surface area contributed by atoms with Crippen LogP contribution in [0.4, 0.5) is 0 Å². The number of carbonyl (C=O) groups excluding carboxylic acids is 2. The Morgan fingerprint density at radius 2 is 2.07 bits per heavy atom. The molecule has 0 saturated carbocycles. The van der Waals surface area contributed by atoms with Crippen LogP contribution in [0.15, 0.2) is 18.2 Å². The van der Waals surface area contributed by atoms with Gasteiger partial charge in [0, 0.05) is 26.2 Å². The van der Waals surface area contributed by atoms with Gasteiger partial charge in [0.25, 0.3) is 0 Å². The molecular formula is C21H30N2O4. The number of piperazine rings is 1. The van der Waals surface area contributed by atoms with Crippen LogP contribution in [0.25, 0.3) is 0 Å². The Bertz CT molecular complexity index is 670. The van der Waals surface area contributed by atoms with Crippen molar-refractivity contribution in [2.45, 2.75) is 45.8 Å². The lowest BCUT2D eigenvalue weighted by molar-refractivity contribution is -0.149. The van der Waals surface area contributed by atoms with Crippen molar-refractivity contribution >= 4 is 11.8 Å². The highest BCUT2D eigenvalue weighted by Gasteiger charge is 2.27. The van der Waals surface area contributed by atoms with Gasteiger partial charge < -0.3 is 19.3 Å². The van der Waals surface area contributed by atoms with Crippen LogP contribution < -0.4 is 0 Å². The monoisotopic (exact) mass is 374 g/mol. The zero-order chi connectivity index (χ0) is 19.2. The van der Waals surface area contributed by atoms with Gasteiger partial charge in [-0.1, -0.05) is 18.2 Å². The summed E-state index contributed by atoms with van der Waals surface area (Å²) in [4.78, 5) is 28.2. The number of hydrogen-bond acceptors (Lipinski definition) is 4. The zero-order valence-electron chi connectivity index (χ0n) is 16.4. The second-order valence-corrected chi connectivity index (χ2v) is 7.55. The first-order chi connectivity index (χ1) is 13.0. The van der Waals surface area contributed by atoms with E-state index in [1.807, 2.05) is 4.90 Å². The molecule has 0 bridgehead atoms. The van der Waals surface area contributed by atoms with E-state index in [0.717, 1.165) is 31.4 Å². The second kappa shape index (κ2) is 9.33. The standard InChI is InChI=1S/C21H30N2O4/c1-16-6-7-18(11-17(16)2)12-22-8-9-23(13-20(22)24)21(25)15-26-14-19-5-3-4-10-27-19/h6-7,11,19H,3-5,8-10,12-15H2,1-2H3. The minimum atomic E-state index is -0.120. The molecule has 1 unspecified atom stereocenters. The lowest BCUT2D eigenvalue weighted by Crippen LogP contribution is -2.52. The van der Waals surface area contributed by atoms with Crippen molar-refractivity contribution in [1.82, 2.24) is 9.80 Å². The quantitative estimate of drug-likeness (QED) is 0.765. The van der Waals surface area contributed by atoms with Crippen molar-refractivity contribution < 1.29 is 19.1 Å².